The lowest BCUT2D eigenvalue weighted by molar-refractivity contribution is 0.299. The van der Waals surface area contributed by atoms with Crippen LogP contribution < -0.4 is 10.1 Å². The van der Waals surface area contributed by atoms with E-state index in [9.17, 15) is 0 Å². The number of aryl methyl sites for hydroxylation is 1. The summed E-state index contributed by atoms with van der Waals surface area (Å²) in [7, 11) is 1.89. The average Bonchev–Trinajstić information content (AvgIpc) is 2.41. The van der Waals surface area contributed by atoms with Crippen LogP contribution in [0.3, 0.4) is 0 Å². The van der Waals surface area contributed by atoms with Crippen LogP contribution in [0.1, 0.15) is 16.8 Å². The summed E-state index contributed by atoms with van der Waals surface area (Å²) in [6, 6.07) is 10.0. The zero-order valence-corrected chi connectivity index (χ0v) is 11.0. The summed E-state index contributed by atoms with van der Waals surface area (Å²) in [6.07, 6.45) is 1.79. The highest BCUT2D eigenvalue weighted by molar-refractivity contribution is 5.42. The predicted octanol–water partition coefficient (Wildman–Crippen LogP) is 3.32. The Morgan fingerprint density at radius 1 is 1.22 bits per heavy atom. The van der Waals surface area contributed by atoms with Gasteiger partial charge in [-0.1, -0.05) is 12.1 Å². The van der Waals surface area contributed by atoms with Crippen LogP contribution in [0.5, 0.6) is 5.75 Å². The summed E-state index contributed by atoms with van der Waals surface area (Å²) in [4.78, 5) is 4.29. The van der Waals surface area contributed by atoms with E-state index in [1.54, 1.807) is 6.20 Å². The molecule has 0 aliphatic heterocycles. The second-order valence-corrected chi connectivity index (χ2v) is 4.27. The van der Waals surface area contributed by atoms with Crippen molar-refractivity contribution in [1.82, 2.24) is 4.98 Å². The van der Waals surface area contributed by atoms with E-state index in [2.05, 4.69) is 30.2 Å². The van der Waals surface area contributed by atoms with Crippen molar-refractivity contribution in [3.63, 3.8) is 0 Å². The molecule has 0 bridgehead atoms. The molecular weight excluding hydrogens is 224 g/mol. The van der Waals surface area contributed by atoms with Crippen LogP contribution in [0, 0.1) is 13.8 Å². The Kier molecular flexibility index (Phi) is 3.82. The Morgan fingerprint density at radius 2 is 2.06 bits per heavy atom. The van der Waals surface area contributed by atoms with E-state index in [1.165, 1.54) is 11.1 Å². The van der Waals surface area contributed by atoms with Gasteiger partial charge in [0.25, 0.3) is 0 Å². The number of hydrogen-bond acceptors (Lipinski definition) is 3. The molecule has 0 aliphatic rings. The molecule has 1 N–H and O–H groups in total. The molecule has 1 heterocycles. The maximum atomic E-state index is 5.81. The maximum absolute atomic E-state index is 5.81. The number of aromatic nitrogens is 1. The number of rotatable bonds is 4. The summed E-state index contributed by atoms with van der Waals surface area (Å²) < 4.78 is 5.81. The zero-order chi connectivity index (χ0) is 13.0. The third kappa shape index (κ3) is 2.80. The molecule has 0 fully saturated rings. The van der Waals surface area contributed by atoms with E-state index < -0.39 is 0 Å². The van der Waals surface area contributed by atoms with Crippen LogP contribution in [0.15, 0.2) is 36.5 Å². The Balaban J connectivity index is 2.09. The lowest BCUT2D eigenvalue weighted by Gasteiger charge is -2.11. The normalized spacial score (nSPS) is 10.2. The molecule has 2 rings (SSSR count). The molecule has 1 aromatic heterocycles. The number of nitrogens with one attached hydrogen (secondary N) is 1. The van der Waals surface area contributed by atoms with Crippen molar-refractivity contribution in [1.29, 1.82) is 0 Å². The topological polar surface area (TPSA) is 34.2 Å². The van der Waals surface area contributed by atoms with Crippen LogP contribution in [0.25, 0.3) is 0 Å². The fourth-order valence-electron chi connectivity index (χ4n) is 1.74. The van der Waals surface area contributed by atoms with Crippen molar-refractivity contribution in [2.24, 2.45) is 0 Å². The molecule has 3 nitrogen and oxygen atoms in total. The quantitative estimate of drug-likeness (QED) is 0.893. The average molecular weight is 242 g/mol. The van der Waals surface area contributed by atoms with E-state index in [0.717, 1.165) is 17.1 Å². The Hall–Kier alpha value is -2.03. The summed E-state index contributed by atoms with van der Waals surface area (Å²) >= 11 is 0. The van der Waals surface area contributed by atoms with Gasteiger partial charge in [0, 0.05) is 18.9 Å². The highest BCUT2D eigenvalue weighted by atomic mass is 16.5. The summed E-state index contributed by atoms with van der Waals surface area (Å²) in [5.74, 6) is 0.923. The molecule has 0 amide bonds. The van der Waals surface area contributed by atoms with Crippen molar-refractivity contribution in [3.05, 3.63) is 53.3 Å². The van der Waals surface area contributed by atoms with Gasteiger partial charge in [0.05, 0.1) is 5.69 Å². The van der Waals surface area contributed by atoms with Crippen LogP contribution in [-0.4, -0.2) is 12.0 Å². The van der Waals surface area contributed by atoms with E-state index in [-0.39, 0.29) is 0 Å². The molecule has 1 aromatic carbocycles. The zero-order valence-electron chi connectivity index (χ0n) is 11.0. The van der Waals surface area contributed by atoms with E-state index >= 15 is 0 Å². The first-order valence-corrected chi connectivity index (χ1v) is 6.02. The highest BCUT2D eigenvalue weighted by Crippen LogP contribution is 2.21. The molecule has 3 heteroatoms. The van der Waals surface area contributed by atoms with Crippen molar-refractivity contribution in [2.75, 3.05) is 12.4 Å². The minimum absolute atomic E-state index is 0.486. The molecule has 0 aliphatic carbocycles. The first-order chi connectivity index (χ1) is 8.70. The SMILES string of the molecule is CNc1ccnc(COc2cccc(C)c2C)c1. The van der Waals surface area contributed by atoms with Crippen molar-refractivity contribution < 1.29 is 4.74 Å². The number of pyridine rings is 1. The van der Waals surface area contributed by atoms with Crippen LogP contribution >= 0.6 is 0 Å². The number of benzene rings is 1. The van der Waals surface area contributed by atoms with Gasteiger partial charge in [-0.2, -0.15) is 0 Å². The van der Waals surface area contributed by atoms with Crippen LogP contribution in [0.4, 0.5) is 5.69 Å². The minimum Gasteiger partial charge on any atom is -0.487 e. The molecule has 94 valence electrons. The highest BCUT2D eigenvalue weighted by Gasteiger charge is 2.03. The molecule has 0 saturated carbocycles. The lowest BCUT2D eigenvalue weighted by atomic mass is 10.1. The summed E-state index contributed by atoms with van der Waals surface area (Å²) in [6.45, 7) is 4.64. The number of nitrogens with zero attached hydrogens (tertiary/aromatic N) is 1. The van der Waals surface area contributed by atoms with E-state index in [4.69, 9.17) is 4.74 Å². The molecule has 0 saturated heterocycles. The Morgan fingerprint density at radius 3 is 2.83 bits per heavy atom. The third-order valence-corrected chi connectivity index (χ3v) is 3.04. The fourth-order valence-corrected chi connectivity index (χ4v) is 1.74. The Labute approximate surface area is 108 Å². The second-order valence-electron chi connectivity index (χ2n) is 4.27. The van der Waals surface area contributed by atoms with Gasteiger partial charge in [-0.05, 0) is 43.2 Å². The number of ether oxygens (including phenoxy) is 1. The number of anilines is 1. The van der Waals surface area contributed by atoms with Crippen LogP contribution in [0.2, 0.25) is 0 Å². The first kappa shape index (κ1) is 12.4. The fraction of sp³-hybridized carbons (Fsp3) is 0.267. The van der Waals surface area contributed by atoms with Crippen LogP contribution in [-0.2, 0) is 6.61 Å². The molecule has 18 heavy (non-hydrogen) atoms. The molecule has 0 radical (unpaired) electrons. The van der Waals surface area contributed by atoms with Crippen molar-refractivity contribution >= 4 is 5.69 Å². The van der Waals surface area contributed by atoms with Gasteiger partial charge in [0.1, 0.15) is 12.4 Å². The monoisotopic (exact) mass is 242 g/mol. The van der Waals surface area contributed by atoms with Gasteiger partial charge >= 0.3 is 0 Å². The molecule has 2 aromatic rings. The van der Waals surface area contributed by atoms with E-state index in [1.807, 2.05) is 31.3 Å². The molecule has 0 spiro atoms. The van der Waals surface area contributed by atoms with Gasteiger partial charge in [-0.15, -0.1) is 0 Å². The standard InChI is InChI=1S/C15H18N2O/c1-11-5-4-6-15(12(11)2)18-10-14-9-13(16-3)7-8-17-14/h4-9H,10H2,1-3H3,(H,16,17). The first-order valence-electron chi connectivity index (χ1n) is 6.02. The predicted molar refractivity (Wildman–Crippen MR) is 74.0 cm³/mol. The lowest BCUT2D eigenvalue weighted by Crippen LogP contribution is -2.01. The third-order valence-electron chi connectivity index (χ3n) is 3.04. The van der Waals surface area contributed by atoms with Crippen molar-refractivity contribution in [2.45, 2.75) is 20.5 Å². The maximum Gasteiger partial charge on any atom is 0.130 e. The van der Waals surface area contributed by atoms with E-state index in [0.29, 0.717) is 6.61 Å². The molecular formula is C15H18N2O. The molecule has 0 unspecified atom stereocenters. The van der Waals surface area contributed by atoms with Gasteiger partial charge in [0.15, 0.2) is 0 Å². The number of hydrogen-bond donors (Lipinski definition) is 1. The van der Waals surface area contributed by atoms with Gasteiger partial charge in [0.2, 0.25) is 0 Å². The summed E-state index contributed by atoms with van der Waals surface area (Å²) in [5.41, 5.74) is 4.39. The smallest absolute Gasteiger partial charge is 0.130 e. The largest absolute Gasteiger partial charge is 0.487 e. The summed E-state index contributed by atoms with van der Waals surface area (Å²) in [5, 5.41) is 3.09. The van der Waals surface area contributed by atoms with Gasteiger partial charge in [-0.3, -0.25) is 4.98 Å². The molecule has 0 atom stereocenters. The van der Waals surface area contributed by atoms with Gasteiger partial charge < -0.3 is 10.1 Å². The Bertz CT molecular complexity index is 538. The second kappa shape index (κ2) is 5.54. The minimum atomic E-state index is 0.486. The van der Waals surface area contributed by atoms with Crippen molar-refractivity contribution in [3.8, 4) is 5.75 Å². The van der Waals surface area contributed by atoms with Gasteiger partial charge in [-0.25, -0.2) is 0 Å².